The lowest BCUT2D eigenvalue weighted by atomic mass is 9.94. The van der Waals surface area contributed by atoms with E-state index in [1.54, 1.807) is 46.4 Å². The van der Waals surface area contributed by atoms with Gasteiger partial charge in [0, 0.05) is 13.0 Å². The zero-order valence-electron chi connectivity index (χ0n) is 30.1. The summed E-state index contributed by atoms with van der Waals surface area (Å²) in [6, 6.07) is 13.9. The van der Waals surface area contributed by atoms with E-state index in [9.17, 15) is 19.2 Å². The lowest BCUT2D eigenvalue weighted by molar-refractivity contribution is -0.159. The van der Waals surface area contributed by atoms with Gasteiger partial charge in [-0.15, -0.1) is 0 Å². The maximum atomic E-state index is 14.6. The van der Waals surface area contributed by atoms with E-state index < -0.39 is 47.3 Å². The average Bonchev–Trinajstić information content (AvgIpc) is 2.97. The van der Waals surface area contributed by atoms with Crippen molar-refractivity contribution in [2.45, 2.75) is 131 Å². The highest BCUT2D eigenvalue weighted by Crippen LogP contribution is 2.27. The number of hydrogen-bond donors (Lipinski definition) is 2. The number of esters is 1. The van der Waals surface area contributed by atoms with Crippen LogP contribution in [0.25, 0.3) is 0 Å². The molecular weight excluding hydrogens is 594 g/mol. The molecule has 0 bridgehead atoms. The molecule has 2 aromatic carbocycles. The highest BCUT2D eigenvalue weighted by Gasteiger charge is 2.39. The molecule has 0 aliphatic heterocycles. The molecule has 4 unspecified atom stereocenters. The zero-order chi connectivity index (χ0) is 35.4. The molecule has 0 spiro atoms. The highest BCUT2D eigenvalue weighted by atomic mass is 16.6. The van der Waals surface area contributed by atoms with Gasteiger partial charge < -0.3 is 25.0 Å². The first kappa shape index (κ1) is 39.3. The summed E-state index contributed by atoms with van der Waals surface area (Å²) in [5.74, 6) is -1.71. The molecule has 9 nitrogen and oxygen atoms in total. The summed E-state index contributed by atoms with van der Waals surface area (Å²) in [7, 11) is 0. The summed E-state index contributed by atoms with van der Waals surface area (Å²) in [5.41, 5.74) is 0.846. The topological polar surface area (TPSA) is 114 Å². The maximum Gasteiger partial charge on any atom is 0.408 e. The van der Waals surface area contributed by atoms with E-state index >= 15 is 0 Å². The summed E-state index contributed by atoms with van der Waals surface area (Å²) in [5, 5.41) is 5.78. The number of ether oxygens (including phenoxy) is 2. The molecule has 2 rings (SSSR count). The number of carbonyl (C=O) groups is 4. The van der Waals surface area contributed by atoms with E-state index in [0.717, 1.165) is 24.0 Å². The molecule has 0 saturated carbocycles. The van der Waals surface area contributed by atoms with Crippen LogP contribution in [0.4, 0.5) is 4.79 Å². The lowest BCUT2D eigenvalue weighted by Crippen LogP contribution is -2.56. The number of amides is 3. The summed E-state index contributed by atoms with van der Waals surface area (Å²) < 4.78 is 11.3. The summed E-state index contributed by atoms with van der Waals surface area (Å²) >= 11 is 0. The molecule has 0 radical (unpaired) electrons. The number of hydrogen-bond acceptors (Lipinski definition) is 6. The minimum atomic E-state index is -1.08. The van der Waals surface area contributed by atoms with Gasteiger partial charge in [0.05, 0.1) is 0 Å². The third-order valence-electron chi connectivity index (χ3n) is 7.65. The number of aryl methyl sites for hydroxylation is 1. The second-order valence-corrected chi connectivity index (χ2v) is 14.3. The van der Waals surface area contributed by atoms with Gasteiger partial charge in [0.15, 0.2) is 0 Å². The molecule has 47 heavy (non-hydrogen) atoms. The van der Waals surface area contributed by atoms with Crippen LogP contribution in [0.15, 0.2) is 54.6 Å². The van der Waals surface area contributed by atoms with Gasteiger partial charge in [-0.2, -0.15) is 0 Å². The third-order valence-corrected chi connectivity index (χ3v) is 7.65. The van der Waals surface area contributed by atoms with Crippen LogP contribution < -0.4 is 10.6 Å². The fraction of sp³-hybridized carbons (Fsp3) is 0.579. The Labute approximate surface area is 282 Å². The monoisotopic (exact) mass is 651 g/mol. The molecule has 2 N–H and O–H groups in total. The third kappa shape index (κ3) is 13.4. The zero-order valence-corrected chi connectivity index (χ0v) is 30.1. The SMILES string of the molecule is CCCCCN(C(=O)C(NC(=O)OC(C)(C)C)C(C)CC)C(C(=O)NC(Cc1ccccc1)C(=O)OC(C)(C)C)c1cccc(C)c1. The predicted octanol–water partition coefficient (Wildman–Crippen LogP) is 7.06. The van der Waals surface area contributed by atoms with Crippen molar-refractivity contribution < 1.29 is 28.7 Å². The molecule has 2 aromatic rings. The van der Waals surface area contributed by atoms with Crippen molar-refractivity contribution in [2.75, 3.05) is 6.54 Å². The summed E-state index contributed by atoms with van der Waals surface area (Å²) in [4.78, 5) is 57.2. The van der Waals surface area contributed by atoms with Crippen LogP contribution in [0.1, 0.15) is 111 Å². The number of nitrogens with zero attached hydrogens (tertiary/aromatic N) is 1. The molecular formula is C38H57N3O6. The molecule has 0 saturated heterocycles. The van der Waals surface area contributed by atoms with Crippen LogP contribution in [-0.4, -0.2) is 58.6 Å². The number of nitrogens with one attached hydrogen (secondary N) is 2. The number of alkyl carbamates (subject to hydrolysis) is 1. The van der Waals surface area contributed by atoms with E-state index in [1.165, 1.54) is 0 Å². The Morgan fingerprint density at radius 1 is 0.830 bits per heavy atom. The molecule has 0 fully saturated rings. The normalized spacial score (nSPS) is 14.3. The molecule has 4 atom stereocenters. The number of benzene rings is 2. The largest absolute Gasteiger partial charge is 0.458 e. The Kier molecular flexibility index (Phi) is 14.9. The quantitative estimate of drug-likeness (QED) is 0.157. The summed E-state index contributed by atoms with van der Waals surface area (Å²) in [6.07, 6.45) is 2.52. The van der Waals surface area contributed by atoms with Crippen molar-refractivity contribution in [3.63, 3.8) is 0 Å². The molecule has 0 aliphatic rings. The second kappa shape index (κ2) is 17.9. The van der Waals surface area contributed by atoms with Gasteiger partial charge in [-0.3, -0.25) is 9.59 Å². The summed E-state index contributed by atoms with van der Waals surface area (Å²) in [6.45, 7) is 18.7. The highest BCUT2D eigenvalue weighted by molar-refractivity contribution is 5.94. The van der Waals surface area contributed by atoms with Crippen LogP contribution in [0.3, 0.4) is 0 Å². The fourth-order valence-corrected chi connectivity index (χ4v) is 5.17. The molecule has 260 valence electrons. The van der Waals surface area contributed by atoms with E-state index in [-0.39, 0.29) is 24.8 Å². The molecule has 0 heterocycles. The lowest BCUT2D eigenvalue weighted by Gasteiger charge is -2.37. The first-order chi connectivity index (χ1) is 22.0. The molecule has 0 aliphatic carbocycles. The molecule has 3 amide bonds. The standard InChI is InChI=1S/C38H57N3O6/c1-11-13-17-23-41(34(43)31(27(4)12-2)40-36(45)47-38(8,9)10)32(29-22-18-19-26(3)24-29)33(42)39-30(35(44)46-37(5,6)7)25-28-20-15-14-16-21-28/h14-16,18-22,24,27,30-32H,11-13,17,23,25H2,1-10H3,(H,39,42)(H,40,45). The van der Waals surface area contributed by atoms with E-state index in [0.29, 0.717) is 18.4 Å². The Morgan fingerprint density at radius 2 is 1.47 bits per heavy atom. The van der Waals surface area contributed by atoms with Crippen molar-refractivity contribution >= 4 is 23.9 Å². The number of rotatable bonds is 15. The fourth-order valence-electron chi connectivity index (χ4n) is 5.17. The van der Waals surface area contributed by atoms with Gasteiger partial charge in [0.1, 0.15) is 29.3 Å². The smallest absolute Gasteiger partial charge is 0.408 e. The van der Waals surface area contributed by atoms with Crippen LogP contribution >= 0.6 is 0 Å². The van der Waals surface area contributed by atoms with Gasteiger partial charge in [-0.05, 0) is 71.9 Å². The van der Waals surface area contributed by atoms with Crippen LogP contribution in [0.5, 0.6) is 0 Å². The van der Waals surface area contributed by atoms with Crippen LogP contribution in [-0.2, 0) is 30.3 Å². The predicted molar refractivity (Wildman–Crippen MR) is 186 cm³/mol. The van der Waals surface area contributed by atoms with E-state index in [4.69, 9.17) is 9.47 Å². The maximum absolute atomic E-state index is 14.6. The Bertz CT molecular complexity index is 1310. The van der Waals surface area contributed by atoms with Gasteiger partial charge >= 0.3 is 12.1 Å². The minimum absolute atomic E-state index is 0.210. The van der Waals surface area contributed by atoms with Crippen molar-refractivity contribution in [3.05, 3.63) is 71.3 Å². The Balaban J connectivity index is 2.64. The first-order valence-electron chi connectivity index (χ1n) is 16.9. The van der Waals surface area contributed by atoms with Crippen LogP contribution in [0, 0.1) is 12.8 Å². The molecule has 0 aromatic heterocycles. The van der Waals surface area contributed by atoms with Gasteiger partial charge in [-0.1, -0.05) is 100 Å². The van der Waals surface area contributed by atoms with Crippen molar-refractivity contribution in [1.29, 1.82) is 0 Å². The van der Waals surface area contributed by atoms with Crippen molar-refractivity contribution in [2.24, 2.45) is 5.92 Å². The number of carbonyl (C=O) groups excluding carboxylic acids is 4. The van der Waals surface area contributed by atoms with Gasteiger partial charge in [0.25, 0.3) is 0 Å². The Hall–Kier alpha value is -3.88. The van der Waals surface area contributed by atoms with Crippen LogP contribution in [0.2, 0.25) is 0 Å². The van der Waals surface area contributed by atoms with Gasteiger partial charge in [0.2, 0.25) is 11.8 Å². The van der Waals surface area contributed by atoms with Crippen molar-refractivity contribution in [3.8, 4) is 0 Å². The van der Waals surface area contributed by atoms with E-state index in [2.05, 4.69) is 17.6 Å². The van der Waals surface area contributed by atoms with Gasteiger partial charge in [-0.25, -0.2) is 9.59 Å². The van der Waals surface area contributed by atoms with E-state index in [1.807, 2.05) is 75.4 Å². The first-order valence-corrected chi connectivity index (χ1v) is 16.9. The Morgan fingerprint density at radius 3 is 2.02 bits per heavy atom. The van der Waals surface area contributed by atoms with Crippen molar-refractivity contribution in [1.82, 2.24) is 15.5 Å². The minimum Gasteiger partial charge on any atom is -0.458 e. The second-order valence-electron chi connectivity index (χ2n) is 14.3. The molecule has 9 heteroatoms. The average molecular weight is 652 g/mol. The number of unbranched alkanes of at least 4 members (excludes halogenated alkanes) is 2.